The van der Waals surface area contributed by atoms with E-state index in [4.69, 9.17) is 9.47 Å². The predicted molar refractivity (Wildman–Crippen MR) is 131 cm³/mol. The van der Waals surface area contributed by atoms with E-state index in [2.05, 4.69) is 10.6 Å². The van der Waals surface area contributed by atoms with Gasteiger partial charge < -0.3 is 30.3 Å². The van der Waals surface area contributed by atoms with Crippen molar-refractivity contribution in [1.82, 2.24) is 10.6 Å². The molecular formula is C26H32N2O8. The molecule has 0 saturated heterocycles. The van der Waals surface area contributed by atoms with Crippen molar-refractivity contribution < 1.29 is 38.9 Å². The normalized spacial score (nSPS) is 11.8. The molecule has 2 amide bonds. The Morgan fingerprint density at radius 3 is 2.36 bits per heavy atom. The van der Waals surface area contributed by atoms with Gasteiger partial charge in [-0.1, -0.05) is 18.2 Å². The quantitative estimate of drug-likeness (QED) is 0.255. The minimum atomic E-state index is -1.15. The Bertz CT molecular complexity index is 1060. The number of amides is 2. The number of aliphatic carboxylic acids is 1. The van der Waals surface area contributed by atoms with Crippen molar-refractivity contribution in [2.45, 2.75) is 58.3 Å². The van der Waals surface area contributed by atoms with Gasteiger partial charge in [0, 0.05) is 12.1 Å². The Morgan fingerprint density at radius 1 is 1.06 bits per heavy atom. The van der Waals surface area contributed by atoms with Gasteiger partial charge in [-0.05, 0) is 69.9 Å². The lowest BCUT2D eigenvalue weighted by molar-refractivity contribution is -0.139. The number of carboxylic acid groups (broad SMARTS) is 1. The molecule has 36 heavy (non-hydrogen) atoms. The van der Waals surface area contributed by atoms with E-state index in [1.807, 2.05) is 0 Å². The monoisotopic (exact) mass is 500 g/mol. The molecule has 0 spiro atoms. The lowest BCUT2D eigenvalue weighted by Crippen LogP contribution is -2.40. The van der Waals surface area contributed by atoms with Gasteiger partial charge in [0.2, 0.25) is 0 Å². The average Bonchev–Trinajstić information content (AvgIpc) is 2.80. The average molecular weight is 501 g/mol. The van der Waals surface area contributed by atoms with E-state index >= 15 is 0 Å². The van der Waals surface area contributed by atoms with E-state index < -0.39 is 29.6 Å². The molecule has 0 aromatic heterocycles. The van der Waals surface area contributed by atoms with Crippen molar-refractivity contribution in [2.24, 2.45) is 0 Å². The Balaban J connectivity index is 1.83. The summed E-state index contributed by atoms with van der Waals surface area (Å²) in [6, 6.07) is 9.81. The predicted octanol–water partition coefficient (Wildman–Crippen LogP) is 3.66. The molecule has 0 unspecified atom stereocenters. The van der Waals surface area contributed by atoms with Crippen molar-refractivity contribution in [3.05, 3.63) is 59.2 Å². The second kappa shape index (κ2) is 13.1. The lowest BCUT2D eigenvalue weighted by Gasteiger charge is -2.19. The van der Waals surface area contributed by atoms with Crippen LogP contribution in [0.3, 0.4) is 0 Å². The number of hydrogen-bond donors (Lipinski definition) is 4. The molecule has 10 heteroatoms. The molecule has 4 N–H and O–H groups in total. The molecule has 0 bridgehead atoms. The van der Waals surface area contributed by atoms with Gasteiger partial charge in [0.25, 0.3) is 5.91 Å². The third-order valence-electron chi connectivity index (χ3n) is 4.96. The summed E-state index contributed by atoms with van der Waals surface area (Å²) < 4.78 is 10.7. The summed E-state index contributed by atoms with van der Waals surface area (Å²) in [5.74, 6) is -1.62. The molecule has 0 radical (unpaired) electrons. The SMILES string of the molecule is CC(C)(C)OC(=O)NCCCC[C@H](NC(=O)c1ccc(COc2cccc(O)c2C=O)cc1)C(=O)O. The smallest absolute Gasteiger partial charge is 0.407 e. The first-order chi connectivity index (χ1) is 17.0. The van der Waals surface area contributed by atoms with Crippen molar-refractivity contribution >= 4 is 24.3 Å². The second-order valence-electron chi connectivity index (χ2n) is 9.08. The summed E-state index contributed by atoms with van der Waals surface area (Å²) in [6.07, 6.45) is 1.17. The third kappa shape index (κ3) is 9.28. The highest BCUT2D eigenvalue weighted by Crippen LogP contribution is 2.26. The highest BCUT2D eigenvalue weighted by atomic mass is 16.6. The van der Waals surface area contributed by atoms with Gasteiger partial charge in [-0.15, -0.1) is 0 Å². The maximum absolute atomic E-state index is 12.5. The molecule has 0 fully saturated rings. The Labute approximate surface area is 209 Å². The molecule has 0 aliphatic heterocycles. The first kappa shape index (κ1) is 28.2. The van der Waals surface area contributed by atoms with Crippen LogP contribution in [0.2, 0.25) is 0 Å². The fraction of sp³-hybridized carbons (Fsp3) is 0.385. The topological polar surface area (TPSA) is 151 Å². The zero-order valence-electron chi connectivity index (χ0n) is 20.6. The van der Waals surface area contributed by atoms with Crippen LogP contribution in [0, 0.1) is 0 Å². The van der Waals surface area contributed by atoms with E-state index in [1.165, 1.54) is 6.07 Å². The molecule has 0 heterocycles. The summed E-state index contributed by atoms with van der Waals surface area (Å²) in [6.45, 7) is 5.71. The van der Waals surface area contributed by atoms with Gasteiger partial charge in [-0.2, -0.15) is 0 Å². The van der Waals surface area contributed by atoms with Crippen LogP contribution in [0.4, 0.5) is 4.79 Å². The Hall–Kier alpha value is -4.08. The molecule has 0 aliphatic carbocycles. The van der Waals surface area contributed by atoms with Gasteiger partial charge in [0.1, 0.15) is 29.7 Å². The first-order valence-corrected chi connectivity index (χ1v) is 11.5. The number of phenolic OH excluding ortho intramolecular Hbond substituents is 1. The summed E-state index contributed by atoms with van der Waals surface area (Å²) in [5.41, 5.74) is 0.440. The molecule has 1 atom stereocenters. The maximum atomic E-state index is 12.5. The van der Waals surface area contributed by atoms with E-state index in [0.29, 0.717) is 31.2 Å². The Kier molecular flexibility index (Phi) is 10.3. The van der Waals surface area contributed by atoms with Crippen molar-refractivity contribution in [3.8, 4) is 11.5 Å². The number of rotatable bonds is 12. The minimum absolute atomic E-state index is 0.0498. The van der Waals surface area contributed by atoms with Crippen molar-refractivity contribution in [3.63, 3.8) is 0 Å². The van der Waals surface area contributed by atoms with Crippen LogP contribution in [0.25, 0.3) is 0 Å². The van der Waals surface area contributed by atoms with Gasteiger partial charge in [-0.25, -0.2) is 9.59 Å². The zero-order chi connectivity index (χ0) is 26.7. The number of ether oxygens (including phenoxy) is 2. The van der Waals surface area contributed by atoms with E-state index in [-0.39, 0.29) is 35.7 Å². The second-order valence-corrected chi connectivity index (χ2v) is 9.08. The number of aromatic hydroxyl groups is 1. The lowest BCUT2D eigenvalue weighted by atomic mass is 10.1. The highest BCUT2D eigenvalue weighted by molar-refractivity contribution is 5.96. The molecule has 10 nitrogen and oxygen atoms in total. The van der Waals surface area contributed by atoms with Gasteiger partial charge in [0.15, 0.2) is 6.29 Å². The van der Waals surface area contributed by atoms with Crippen LogP contribution in [0.15, 0.2) is 42.5 Å². The highest BCUT2D eigenvalue weighted by Gasteiger charge is 2.21. The summed E-state index contributed by atoms with van der Waals surface area (Å²) in [4.78, 5) is 46.9. The number of phenols is 1. The Morgan fingerprint density at radius 2 is 1.75 bits per heavy atom. The van der Waals surface area contributed by atoms with Gasteiger partial charge >= 0.3 is 12.1 Å². The number of benzene rings is 2. The van der Waals surface area contributed by atoms with Crippen molar-refractivity contribution in [2.75, 3.05) is 6.54 Å². The van der Waals surface area contributed by atoms with Crippen LogP contribution in [0.1, 0.15) is 66.3 Å². The zero-order valence-corrected chi connectivity index (χ0v) is 20.6. The fourth-order valence-corrected chi connectivity index (χ4v) is 3.17. The number of carbonyl (C=O) groups excluding carboxylic acids is 3. The van der Waals surface area contributed by atoms with Crippen molar-refractivity contribution in [1.29, 1.82) is 0 Å². The number of aldehydes is 1. The summed E-state index contributed by atoms with van der Waals surface area (Å²) in [5, 5.41) is 24.3. The first-order valence-electron chi connectivity index (χ1n) is 11.5. The third-order valence-corrected chi connectivity index (χ3v) is 4.96. The summed E-state index contributed by atoms with van der Waals surface area (Å²) in [7, 11) is 0. The number of carbonyl (C=O) groups is 4. The molecule has 194 valence electrons. The van der Waals surface area contributed by atoms with Crippen LogP contribution in [-0.2, 0) is 16.1 Å². The van der Waals surface area contributed by atoms with E-state index in [9.17, 15) is 29.4 Å². The van der Waals surface area contributed by atoms with E-state index in [1.54, 1.807) is 57.2 Å². The van der Waals surface area contributed by atoms with Gasteiger partial charge in [-0.3, -0.25) is 9.59 Å². The number of carboxylic acids is 1. The van der Waals surface area contributed by atoms with Gasteiger partial charge in [0.05, 0.1) is 5.56 Å². The van der Waals surface area contributed by atoms with Crippen LogP contribution in [-0.4, -0.2) is 52.7 Å². The summed E-state index contributed by atoms with van der Waals surface area (Å²) >= 11 is 0. The largest absolute Gasteiger partial charge is 0.507 e. The maximum Gasteiger partial charge on any atom is 0.407 e. The molecule has 0 saturated carbocycles. The van der Waals surface area contributed by atoms with Crippen LogP contribution in [0.5, 0.6) is 11.5 Å². The standard InChI is InChI=1S/C26H32N2O8/c1-26(2,3)36-25(34)27-14-5-4-7-20(24(32)33)28-23(31)18-12-10-17(11-13-18)16-35-22-9-6-8-21(30)19(22)15-29/h6,8-13,15,20,30H,4-5,7,14,16H2,1-3H3,(H,27,34)(H,28,31)(H,32,33)/t20-/m0/s1. The number of unbranched alkanes of at least 4 members (excludes halogenated alkanes) is 1. The van der Waals surface area contributed by atoms with Crippen LogP contribution >= 0.6 is 0 Å². The molecule has 2 aromatic rings. The fourth-order valence-electron chi connectivity index (χ4n) is 3.17. The minimum Gasteiger partial charge on any atom is -0.507 e. The van der Waals surface area contributed by atoms with E-state index in [0.717, 1.165) is 0 Å². The molecular weight excluding hydrogens is 468 g/mol. The number of nitrogens with one attached hydrogen (secondary N) is 2. The molecule has 2 rings (SSSR count). The molecule has 2 aromatic carbocycles. The molecule has 0 aliphatic rings. The number of alkyl carbamates (subject to hydrolysis) is 1. The number of hydrogen-bond acceptors (Lipinski definition) is 7. The van der Waals surface area contributed by atoms with Crippen LogP contribution < -0.4 is 15.4 Å².